The Labute approximate surface area is 113 Å². The minimum absolute atomic E-state index is 0.243. The molecule has 1 unspecified atom stereocenters. The molecule has 1 aromatic rings. The Balaban J connectivity index is 2.55. The highest BCUT2D eigenvalue weighted by Crippen LogP contribution is 2.19. The van der Waals surface area contributed by atoms with Gasteiger partial charge in [0.05, 0.1) is 5.60 Å². The second-order valence-electron chi connectivity index (χ2n) is 5.17. The third-order valence-corrected chi connectivity index (χ3v) is 3.91. The van der Waals surface area contributed by atoms with Gasteiger partial charge in [0.15, 0.2) is 0 Å². The maximum atomic E-state index is 10.2. The minimum Gasteiger partial charge on any atom is -0.389 e. The molecule has 3 heteroatoms. The predicted octanol–water partition coefficient (Wildman–Crippen LogP) is 3.51. The van der Waals surface area contributed by atoms with E-state index in [2.05, 4.69) is 40.3 Å². The Hall–Kier alpha value is -0.380. The summed E-state index contributed by atoms with van der Waals surface area (Å²) in [6.45, 7) is 8.65. The van der Waals surface area contributed by atoms with Gasteiger partial charge in [-0.15, -0.1) is 0 Å². The molecule has 1 rings (SSSR count). The molecule has 0 bridgehead atoms. The molecule has 2 N–H and O–H groups in total. The van der Waals surface area contributed by atoms with Gasteiger partial charge in [-0.25, -0.2) is 0 Å². The van der Waals surface area contributed by atoms with Gasteiger partial charge in [0, 0.05) is 17.1 Å². The molecule has 0 saturated carbocycles. The Morgan fingerprint density at radius 2 is 1.76 bits per heavy atom. The number of hydrogen-bond acceptors (Lipinski definition) is 2. The zero-order valence-corrected chi connectivity index (χ0v) is 12.6. The Kier molecular flexibility index (Phi) is 5.17. The smallest absolute Gasteiger partial charge is 0.0766 e. The first-order chi connectivity index (χ1) is 7.83. The van der Waals surface area contributed by atoms with Crippen LogP contribution in [0.4, 0.5) is 0 Å². The zero-order chi connectivity index (χ0) is 13.1. The molecule has 0 heterocycles. The van der Waals surface area contributed by atoms with Crippen molar-refractivity contribution in [2.45, 2.75) is 39.3 Å². The second kappa shape index (κ2) is 5.98. The summed E-state index contributed by atoms with van der Waals surface area (Å²) in [5.74, 6) is 0.243. The van der Waals surface area contributed by atoms with Gasteiger partial charge < -0.3 is 10.4 Å². The molecule has 0 spiro atoms. The highest BCUT2D eigenvalue weighted by Gasteiger charge is 2.25. The Bertz CT molecular complexity index is 346. The van der Waals surface area contributed by atoms with E-state index in [0.29, 0.717) is 6.54 Å². The second-order valence-corrected chi connectivity index (χ2v) is 6.08. The van der Waals surface area contributed by atoms with Crippen LogP contribution in [0.1, 0.15) is 39.3 Å². The molecule has 1 aromatic carbocycles. The van der Waals surface area contributed by atoms with Gasteiger partial charge in [0.2, 0.25) is 0 Å². The third-order valence-electron chi connectivity index (χ3n) is 3.38. The molecular formula is C14H22BrNO. The molecule has 0 aliphatic rings. The quantitative estimate of drug-likeness (QED) is 0.872. The van der Waals surface area contributed by atoms with Crippen LogP contribution in [0.25, 0.3) is 0 Å². The molecule has 0 fully saturated rings. The van der Waals surface area contributed by atoms with Crippen LogP contribution in [0.5, 0.6) is 0 Å². The summed E-state index contributed by atoms with van der Waals surface area (Å²) in [6.07, 6.45) is 0. The van der Waals surface area contributed by atoms with Crippen molar-refractivity contribution in [3.05, 3.63) is 34.3 Å². The summed E-state index contributed by atoms with van der Waals surface area (Å²) in [4.78, 5) is 0. The summed E-state index contributed by atoms with van der Waals surface area (Å²) in [6, 6.07) is 8.49. The van der Waals surface area contributed by atoms with Gasteiger partial charge in [0.25, 0.3) is 0 Å². The van der Waals surface area contributed by atoms with Crippen molar-refractivity contribution in [3.8, 4) is 0 Å². The number of halogens is 1. The van der Waals surface area contributed by atoms with Crippen LogP contribution in [0.3, 0.4) is 0 Å². The van der Waals surface area contributed by atoms with E-state index >= 15 is 0 Å². The molecule has 2 nitrogen and oxygen atoms in total. The van der Waals surface area contributed by atoms with Crippen molar-refractivity contribution in [3.63, 3.8) is 0 Å². The van der Waals surface area contributed by atoms with Gasteiger partial charge in [-0.05, 0) is 37.5 Å². The van der Waals surface area contributed by atoms with Crippen LogP contribution >= 0.6 is 15.9 Å². The zero-order valence-electron chi connectivity index (χ0n) is 11.0. The fourth-order valence-corrected chi connectivity index (χ4v) is 1.70. The maximum absolute atomic E-state index is 10.2. The molecule has 0 aromatic heterocycles. The standard InChI is InChI=1S/C14H22BrNO/c1-10(2)14(4,17)9-16-11(3)12-5-7-13(15)8-6-12/h5-8,10-11,16-17H,9H2,1-4H3/t11-,14?/m1/s1. The average molecular weight is 300 g/mol. The van der Waals surface area contributed by atoms with Crippen LogP contribution in [0.2, 0.25) is 0 Å². The summed E-state index contributed by atoms with van der Waals surface area (Å²) in [7, 11) is 0. The summed E-state index contributed by atoms with van der Waals surface area (Å²) in [5, 5.41) is 13.5. The number of aliphatic hydroxyl groups is 1. The molecule has 0 aliphatic carbocycles. The molecule has 0 aliphatic heterocycles. The van der Waals surface area contributed by atoms with E-state index in [-0.39, 0.29) is 12.0 Å². The molecule has 96 valence electrons. The topological polar surface area (TPSA) is 32.3 Å². The molecule has 0 saturated heterocycles. The SMILES string of the molecule is CC(C)C(C)(O)CN[C@H](C)c1ccc(Br)cc1. The molecule has 0 amide bonds. The first-order valence-electron chi connectivity index (χ1n) is 6.04. The number of hydrogen-bond donors (Lipinski definition) is 2. The lowest BCUT2D eigenvalue weighted by Crippen LogP contribution is -2.42. The number of benzene rings is 1. The monoisotopic (exact) mass is 299 g/mol. The van der Waals surface area contributed by atoms with Gasteiger partial charge in [0.1, 0.15) is 0 Å². The molecule has 0 radical (unpaired) electrons. The summed E-state index contributed by atoms with van der Waals surface area (Å²) < 4.78 is 1.09. The van der Waals surface area contributed by atoms with Crippen molar-refractivity contribution in [2.24, 2.45) is 5.92 Å². The minimum atomic E-state index is -0.663. The Morgan fingerprint density at radius 1 is 1.24 bits per heavy atom. The van der Waals surface area contributed by atoms with Gasteiger partial charge in [-0.1, -0.05) is 41.9 Å². The Morgan fingerprint density at radius 3 is 2.24 bits per heavy atom. The van der Waals surface area contributed by atoms with E-state index in [1.807, 2.05) is 32.9 Å². The highest BCUT2D eigenvalue weighted by molar-refractivity contribution is 9.10. The van der Waals surface area contributed by atoms with Crippen LogP contribution < -0.4 is 5.32 Å². The number of nitrogens with one attached hydrogen (secondary N) is 1. The largest absolute Gasteiger partial charge is 0.389 e. The van der Waals surface area contributed by atoms with Gasteiger partial charge in [-0.3, -0.25) is 0 Å². The van der Waals surface area contributed by atoms with E-state index in [1.165, 1.54) is 5.56 Å². The lowest BCUT2D eigenvalue weighted by molar-refractivity contribution is 0.0122. The van der Waals surface area contributed by atoms with Crippen LogP contribution in [0, 0.1) is 5.92 Å². The van der Waals surface area contributed by atoms with Gasteiger partial charge in [-0.2, -0.15) is 0 Å². The summed E-state index contributed by atoms with van der Waals surface area (Å²) >= 11 is 3.42. The van der Waals surface area contributed by atoms with E-state index < -0.39 is 5.60 Å². The summed E-state index contributed by atoms with van der Waals surface area (Å²) in [5.41, 5.74) is 0.566. The van der Waals surface area contributed by atoms with Crippen LogP contribution in [0.15, 0.2) is 28.7 Å². The van der Waals surface area contributed by atoms with Crippen molar-refractivity contribution >= 4 is 15.9 Å². The van der Waals surface area contributed by atoms with E-state index in [1.54, 1.807) is 0 Å². The fraction of sp³-hybridized carbons (Fsp3) is 0.571. The molecular weight excluding hydrogens is 278 g/mol. The van der Waals surface area contributed by atoms with Crippen molar-refractivity contribution in [1.82, 2.24) is 5.32 Å². The third kappa shape index (κ3) is 4.41. The highest BCUT2D eigenvalue weighted by atomic mass is 79.9. The molecule has 17 heavy (non-hydrogen) atoms. The van der Waals surface area contributed by atoms with Crippen molar-refractivity contribution in [1.29, 1.82) is 0 Å². The number of rotatable bonds is 5. The van der Waals surface area contributed by atoms with E-state index in [4.69, 9.17) is 0 Å². The van der Waals surface area contributed by atoms with Gasteiger partial charge >= 0.3 is 0 Å². The molecule has 2 atom stereocenters. The maximum Gasteiger partial charge on any atom is 0.0766 e. The lowest BCUT2D eigenvalue weighted by Gasteiger charge is -2.29. The lowest BCUT2D eigenvalue weighted by atomic mass is 9.92. The first-order valence-corrected chi connectivity index (χ1v) is 6.83. The van der Waals surface area contributed by atoms with E-state index in [0.717, 1.165) is 4.47 Å². The van der Waals surface area contributed by atoms with Crippen LogP contribution in [-0.4, -0.2) is 17.3 Å². The average Bonchev–Trinajstić information content (AvgIpc) is 2.27. The van der Waals surface area contributed by atoms with Crippen molar-refractivity contribution < 1.29 is 5.11 Å². The normalized spacial score (nSPS) is 16.9. The first kappa shape index (κ1) is 14.7. The predicted molar refractivity (Wildman–Crippen MR) is 76.0 cm³/mol. The fourth-order valence-electron chi connectivity index (χ4n) is 1.43. The van der Waals surface area contributed by atoms with Crippen LogP contribution in [-0.2, 0) is 0 Å². The van der Waals surface area contributed by atoms with E-state index in [9.17, 15) is 5.11 Å². The van der Waals surface area contributed by atoms with Crippen molar-refractivity contribution in [2.75, 3.05) is 6.54 Å².